The summed E-state index contributed by atoms with van der Waals surface area (Å²) in [6.45, 7) is 9.71. The topological polar surface area (TPSA) is 20.3 Å². The van der Waals surface area contributed by atoms with Gasteiger partial charge in [0.15, 0.2) is 0 Å². The van der Waals surface area contributed by atoms with Crippen molar-refractivity contribution in [3.63, 3.8) is 0 Å². The second kappa shape index (κ2) is 5.99. The van der Waals surface area contributed by atoms with Gasteiger partial charge in [0.2, 0.25) is 5.91 Å². The molecule has 2 atom stereocenters. The maximum Gasteiger partial charge on any atom is 0.226 e. The van der Waals surface area contributed by atoms with Crippen LogP contribution in [0.5, 0.6) is 0 Å². The molecule has 0 saturated carbocycles. The number of hydrogen-bond donors (Lipinski definition) is 0. The van der Waals surface area contributed by atoms with Crippen molar-refractivity contribution in [1.82, 2.24) is 0 Å². The summed E-state index contributed by atoms with van der Waals surface area (Å²) in [7, 11) is 0. The molecule has 2 unspecified atom stereocenters. The quantitative estimate of drug-likeness (QED) is 0.789. The van der Waals surface area contributed by atoms with Crippen molar-refractivity contribution < 1.29 is 4.79 Å². The van der Waals surface area contributed by atoms with Crippen LogP contribution < -0.4 is 4.90 Å². The third-order valence-electron chi connectivity index (χ3n) is 5.01. The lowest BCUT2D eigenvalue weighted by atomic mass is 9.66. The molecule has 0 saturated heterocycles. The first-order valence-corrected chi connectivity index (χ1v) is 7.94. The molecule has 2 nitrogen and oxygen atoms in total. The van der Waals surface area contributed by atoms with Gasteiger partial charge in [-0.3, -0.25) is 4.79 Å². The summed E-state index contributed by atoms with van der Waals surface area (Å²) in [6.07, 6.45) is 4.25. The van der Waals surface area contributed by atoms with Crippen LogP contribution in [-0.4, -0.2) is 12.5 Å². The Labute approximate surface area is 123 Å². The van der Waals surface area contributed by atoms with Gasteiger partial charge in [-0.15, -0.1) is 0 Å². The molecule has 2 rings (SSSR count). The van der Waals surface area contributed by atoms with Crippen molar-refractivity contribution in [2.45, 2.75) is 58.8 Å². The molecule has 1 aliphatic heterocycles. The van der Waals surface area contributed by atoms with E-state index in [1.165, 1.54) is 24.8 Å². The Hall–Kier alpha value is -1.31. The number of rotatable bonds is 4. The van der Waals surface area contributed by atoms with Crippen molar-refractivity contribution >= 4 is 11.6 Å². The number of unbranched alkanes of at least 4 members (excludes halogenated alkanes) is 1. The Balaban J connectivity index is 2.45. The molecule has 0 aliphatic carbocycles. The molecule has 1 aromatic rings. The molecule has 0 N–H and O–H groups in total. The number of fused-ring (bicyclic) bond motifs is 1. The van der Waals surface area contributed by atoms with E-state index in [-0.39, 0.29) is 11.3 Å². The summed E-state index contributed by atoms with van der Waals surface area (Å²) in [4.78, 5) is 14.2. The number of hydrogen-bond acceptors (Lipinski definition) is 1. The molecule has 1 aliphatic rings. The molecule has 1 aromatic carbocycles. The maximum absolute atomic E-state index is 12.2. The first-order valence-electron chi connectivity index (χ1n) is 7.94. The molecule has 1 amide bonds. The number of carbonyl (C=O) groups excluding carboxylic acids is 1. The summed E-state index contributed by atoms with van der Waals surface area (Å²) in [6, 6.07) is 8.48. The van der Waals surface area contributed by atoms with Gasteiger partial charge in [-0.1, -0.05) is 58.7 Å². The van der Waals surface area contributed by atoms with Gasteiger partial charge in [0.05, 0.1) is 0 Å². The summed E-state index contributed by atoms with van der Waals surface area (Å²) in [5, 5.41) is 0. The molecule has 20 heavy (non-hydrogen) atoms. The molecular formula is C18H27NO. The molecule has 0 spiro atoms. The van der Waals surface area contributed by atoms with Crippen LogP contribution in [0.1, 0.15) is 58.9 Å². The van der Waals surface area contributed by atoms with Crippen LogP contribution in [0.4, 0.5) is 5.69 Å². The third kappa shape index (κ3) is 2.48. The Kier molecular flexibility index (Phi) is 4.52. The number of para-hydroxylation sites is 1. The highest BCUT2D eigenvalue weighted by molar-refractivity contribution is 5.94. The molecule has 0 radical (unpaired) electrons. The van der Waals surface area contributed by atoms with Gasteiger partial charge in [-0.05, 0) is 29.4 Å². The molecule has 110 valence electrons. The minimum absolute atomic E-state index is 0.192. The van der Waals surface area contributed by atoms with Gasteiger partial charge in [-0.2, -0.15) is 0 Å². The molecule has 1 heterocycles. The summed E-state index contributed by atoms with van der Waals surface area (Å²) < 4.78 is 0. The standard InChI is InChI=1S/C18H27NO/c1-5-7-12-18(4)14(3)13-19(17(20)6-2)16-11-9-8-10-15(16)18/h8-11,14H,5-7,12-13H2,1-4H3. The van der Waals surface area contributed by atoms with Gasteiger partial charge in [0.25, 0.3) is 0 Å². The van der Waals surface area contributed by atoms with E-state index in [9.17, 15) is 4.79 Å². The van der Waals surface area contributed by atoms with E-state index in [2.05, 4.69) is 39.0 Å². The lowest BCUT2D eigenvalue weighted by Gasteiger charge is -2.46. The lowest BCUT2D eigenvalue weighted by Crippen LogP contribution is -2.47. The van der Waals surface area contributed by atoms with Crippen LogP contribution in [0, 0.1) is 5.92 Å². The maximum atomic E-state index is 12.2. The van der Waals surface area contributed by atoms with E-state index in [4.69, 9.17) is 0 Å². The highest BCUT2D eigenvalue weighted by Crippen LogP contribution is 2.46. The van der Waals surface area contributed by atoms with Gasteiger partial charge >= 0.3 is 0 Å². The van der Waals surface area contributed by atoms with E-state index in [0.717, 1.165) is 12.2 Å². The number of carbonyl (C=O) groups is 1. The molecule has 0 aromatic heterocycles. The lowest BCUT2D eigenvalue weighted by molar-refractivity contribution is -0.118. The average Bonchev–Trinajstić information content (AvgIpc) is 2.48. The van der Waals surface area contributed by atoms with Crippen molar-refractivity contribution in [1.29, 1.82) is 0 Å². The number of amides is 1. The predicted molar refractivity (Wildman–Crippen MR) is 85.1 cm³/mol. The van der Waals surface area contributed by atoms with Gasteiger partial charge in [-0.25, -0.2) is 0 Å². The summed E-state index contributed by atoms with van der Waals surface area (Å²) in [5.41, 5.74) is 2.68. The number of anilines is 1. The predicted octanol–water partition coefficient (Wildman–Crippen LogP) is 4.53. The van der Waals surface area contributed by atoms with E-state index >= 15 is 0 Å². The minimum atomic E-state index is 0.192. The van der Waals surface area contributed by atoms with Gasteiger partial charge in [0, 0.05) is 18.7 Å². The van der Waals surface area contributed by atoms with E-state index < -0.39 is 0 Å². The van der Waals surface area contributed by atoms with Crippen LogP contribution in [0.25, 0.3) is 0 Å². The fourth-order valence-electron chi connectivity index (χ4n) is 3.38. The minimum Gasteiger partial charge on any atom is -0.312 e. The Bertz CT molecular complexity index is 482. The number of nitrogens with zero attached hydrogens (tertiary/aromatic N) is 1. The van der Waals surface area contributed by atoms with Crippen LogP contribution in [0.3, 0.4) is 0 Å². The zero-order valence-corrected chi connectivity index (χ0v) is 13.3. The van der Waals surface area contributed by atoms with E-state index in [1.807, 2.05) is 17.9 Å². The van der Waals surface area contributed by atoms with Gasteiger partial charge < -0.3 is 4.90 Å². The third-order valence-corrected chi connectivity index (χ3v) is 5.01. The second-order valence-electron chi connectivity index (χ2n) is 6.30. The van der Waals surface area contributed by atoms with Crippen LogP contribution in [0.2, 0.25) is 0 Å². The zero-order chi connectivity index (χ0) is 14.8. The van der Waals surface area contributed by atoms with Crippen molar-refractivity contribution in [2.75, 3.05) is 11.4 Å². The van der Waals surface area contributed by atoms with Crippen LogP contribution in [-0.2, 0) is 10.2 Å². The Morgan fingerprint density at radius 3 is 2.70 bits per heavy atom. The largest absolute Gasteiger partial charge is 0.312 e. The number of benzene rings is 1. The first kappa shape index (κ1) is 15.1. The second-order valence-corrected chi connectivity index (χ2v) is 6.30. The molecule has 2 heteroatoms. The zero-order valence-electron chi connectivity index (χ0n) is 13.3. The van der Waals surface area contributed by atoms with Crippen molar-refractivity contribution in [2.24, 2.45) is 5.92 Å². The fraction of sp³-hybridized carbons (Fsp3) is 0.611. The Morgan fingerprint density at radius 1 is 1.35 bits per heavy atom. The summed E-state index contributed by atoms with van der Waals surface area (Å²) in [5.74, 6) is 0.737. The van der Waals surface area contributed by atoms with Crippen LogP contribution >= 0.6 is 0 Å². The molecule has 0 bridgehead atoms. The normalized spacial score (nSPS) is 25.4. The fourth-order valence-corrected chi connectivity index (χ4v) is 3.38. The average molecular weight is 273 g/mol. The Morgan fingerprint density at radius 2 is 2.05 bits per heavy atom. The van der Waals surface area contributed by atoms with E-state index in [1.54, 1.807) is 0 Å². The highest BCUT2D eigenvalue weighted by Gasteiger charge is 2.41. The molecular weight excluding hydrogens is 246 g/mol. The summed E-state index contributed by atoms with van der Waals surface area (Å²) >= 11 is 0. The highest BCUT2D eigenvalue weighted by atomic mass is 16.2. The van der Waals surface area contributed by atoms with Crippen molar-refractivity contribution in [3.05, 3.63) is 29.8 Å². The monoisotopic (exact) mass is 273 g/mol. The van der Waals surface area contributed by atoms with Crippen molar-refractivity contribution in [3.8, 4) is 0 Å². The SMILES string of the molecule is CCCCC1(C)c2ccccc2N(C(=O)CC)CC1C. The van der Waals surface area contributed by atoms with E-state index in [0.29, 0.717) is 12.3 Å². The smallest absolute Gasteiger partial charge is 0.226 e. The molecule has 0 fully saturated rings. The van der Waals surface area contributed by atoms with Crippen LogP contribution in [0.15, 0.2) is 24.3 Å². The first-order chi connectivity index (χ1) is 9.54. The van der Waals surface area contributed by atoms with Gasteiger partial charge in [0.1, 0.15) is 0 Å².